The molecule has 0 aromatic heterocycles. The normalized spacial score (nSPS) is 38.6. The van der Waals surface area contributed by atoms with Gasteiger partial charge in [-0.15, -0.1) is 0 Å². The number of ether oxygens (including phenoxy) is 1. The highest BCUT2D eigenvalue weighted by atomic mass is 19.4. The molecule has 2 atom stereocenters. The van der Waals surface area contributed by atoms with Gasteiger partial charge in [0, 0.05) is 6.42 Å². The zero-order chi connectivity index (χ0) is 11.2. The fourth-order valence-electron chi connectivity index (χ4n) is 1.61. The summed E-state index contributed by atoms with van der Waals surface area (Å²) in [6.45, 7) is 4.11. The Bertz CT molecular complexity index is 261. The van der Waals surface area contributed by atoms with Crippen LogP contribution in [-0.2, 0) is 9.53 Å². The number of carbonyl (C=O) groups is 1. The van der Waals surface area contributed by atoms with Crippen molar-refractivity contribution < 1.29 is 22.7 Å². The summed E-state index contributed by atoms with van der Waals surface area (Å²) in [5.41, 5.74) is -3.31. The minimum absolute atomic E-state index is 0.293. The van der Waals surface area contributed by atoms with Crippen LogP contribution in [0.5, 0.6) is 0 Å². The molecule has 0 radical (unpaired) electrons. The van der Waals surface area contributed by atoms with Gasteiger partial charge >= 0.3 is 12.1 Å². The van der Waals surface area contributed by atoms with Crippen molar-refractivity contribution >= 4 is 5.97 Å². The molecule has 0 amide bonds. The number of cyclic esters (lactones) is 1. The van der Waals surface area contributed by atoms with Crippen LogP contribution in [0, 0.1) is 5.41 Å². The molecule has 0 aromatic carbocycles. The van der Waals surface area contributed by atoms with Gasteiger partial charge < -0.3 is 4.74 Å². The van der Waals surface area contributed by atoms with Crippen LogP contribution in [0.2, 0.25) is 0 Å². The van der Waals surface area contributed by atoms with Gasteiger partial charge in [0.25, 0.3) is 0 Å². The molecule has 0 saturated carbocycles. The summed E-state index contributed by atoms with van der Waals surface area (Å²) in [4.78, 5) is 11.3. The lowest BCUT2D eigenvalue weighted by molar-refractivity contribution is -0.251. The summed E-state index contributed by atoms with van der Waals surface area (Å²) in [6, 6.07) is 0. The Morgan fingerprint density at radius 2 is 1.93 bits per heavy atom. The van der Waals surface area contributed by atoms with E-state index in [4.69, 9.17) is 0 Å². The highest BCUT2D eigenvalue weighted by Gasteiger charge is 2.63. The van der Waals surface area contributed by atoms with Gasteiger partial charge in [0.15, 0.2) is 0 Å². The smallest absolute Gasteiger partial charge is 0.428 e. The Hall–Kier alpha value is -0.740. The molecule has 0 N–H and O–H groups in total. The Morgan fingerprint density at radius 3 is 2.14 bits per heavy atom. The molecule has 14 heavy (non-hydrogen) atoms. The zero-order valence-electron chi connectivity index (χ0n) is 8.36. The van der Waals surface area contributed by atoms with Gasteiger partial charge in [-0.1, -0.05) is 6.92 Å². The van der Waals surface area contributed by atoms with Crippen LogP contribution in [0.15, 0.2) is 0 Å². The number of esters is 1. The average molecular weight is 210 g/mol. The van der Waals surface area contributed by atoms with E-state index in [0.717, 1.165) is 6.92 Å². The molecule has 1 aliphatic heterocycles. The fraction of sp³-hybridized carbons (Fsp3) is 0.889. The van der Waals surface area contributed by atoms with Crippen molar-refractivity contribution in [3.05, 3.63) is 0 Å². The topological polar surface area (TPSA) is 26.3 Å². The first-order valence-electron chi connectivity index (χ1n) is 4.45. The Kier molecular flexibility index (Phi) is 2.33. The van der Waals surface area contributed by atoms with E-state index in [9.17, 15) is 18.0 Å². The largest absolute Gasteiger partial charge is 0.449 e. The molecule has 82 valence electrons. The predicted molar refractivity (Wildman–Crippen MR) is 43.6 cm³/mol. The van der Waals surface area contributed by atoms with Crippen LogP contribution in [-0.4, -0.2) is 17.7 Å². The Balaban J connectivity index is 2.97. The third-order valence-corrected chi connectivity index (χ3v) is 2.92. The van der Waals surface area contributed by atoms with Gasteiger partial charge in [0.1, 0.15) is 0 Å². The van der Waals surface area contributed by atoms with Crippen LogP contribution in [0.3, 0.4) is 0 Å². The Morgan fingerprint density at radius 1 is 1.43 bits per heavy atom. The van der Waals surface area contributed by atoms with Crippen molar-refractivity contribution in [2.24, 2.45) is 5.41 Å². The van der Waals surface area contributed by atoms with E-state index >= 15 is 0 Å². The van der Waals surface area contributed by atoms with E-state index < -0.39 is 23.2 Å². The molecule has 1 heterocycles. The number of alkyl halides is 3. The third kappa shape index (κ3) is 1.48. The standard InChI is InChI=1S/C9H13F3O2/c1-4-7(2)5-8(3,9(10,11)12)14-6(7)13/h4-5H2,1-3H3. The van der Waals surface area contributed by atoms with Crippen molar-refractivity contribution in [1.82, 2.24) is 0 Å². The highest BCUT2D eigenvalue weighted by Crippen LogP contribution is 2.49. The average Bonchev–Trinajstić information content (AvgIpc) is 2.24. The van der Waals surface area contributed by atoms with E-state index in [1.807, 2.05) is 0 Å². The maximum Gasteiger partial charge on any atom is 0.428 e. The molecule has 1 fully saturated rings. The first-order chi connectivity index (χ1) is 6.15. The second-order valence-electron chi connectivity index (χ2n) is 4.21. The van der Waals surface area contributed by atoms with Gasteiger partial charge in [0.2, 0.25) is 5.60 Å². The molecule has 5 heteroatoms. The molecule has 1 aliphatic rings. The maximum atomic E-state index is 12.5. The van der Waals surface area contributed by atoms with Crippen LogP contribution in [0.1, 0.15) is 33.6 Å². The molecular weight excluding hydrogens is 197 g/mol. The van der Waals surface area contributed by atoms with Crippen LogP contribution >= 0.6 is 0 Å². The summed E-state index contributed by atoms with van der Waals surface area (Å²) in [7, 11) is 0. The molecule has 0 aliphatic carbocycles. The van der Waals surface area contributed by atoms with Gasteiger partial charge in [0.05, 0.1) is 5.41 Å². The molecule has 2 unspecified atom stereocenters. The van der Waals surface area contributed by atoms with Crippen LogP contribution < -0.4 is 0 Å². The second kappa shape index (κ2) is 2.87. The van der Waals surface area contributed by atoms with E-state index in [2.05, 4.69) is 4.74 Å². The monoisotopic (exact) mass is 210 g/mol. The first-order valence-corrected chi connectivity index (χ1v) is 4.45. The van der Waals surface area contributed by atoms with Gasteiger partial charge in [-0.05, 0) is 20.3 Å². The van der Waals surface area contributed by atoms with Gasteiger partial charge in [-0.3, -0.25) is 4.79 Å². The quantitative estimate of drug-likeness (QED) is 0.622. The molecule has 2 nitrogen and oxygen atoms in total. The van der Waals surface area contributed by atoms with Crippen molar-refractivity contribution in [3.63, 3.8) is 0 Å². The number of carbonyl (C=O) groups excluding carboxylic acids is 1. The first kappa shape index (κ1) is 11.3. The van der Waals surface area contributed by atoms with Crippen molar-refractivity contribution in [3.8, 4) is 0 Å². The van der Waals surface area contributed by atoms with Crippen LogP contribution in [0.4, 0.5) is 13.2 Å². The molecule has 1 rings (SSSR count). The molecule has 0 aromatic rings. The molecule has 0 bridgehead atoms. The lowest BCUT2D eigenvalue weighted by Crippen LogP contribution is -2.42. The molecular formula is C9H13F3O2. The number of rotatable bonds is 1. The summed E-state index contributed by atoms with van der Waals surface area (Å²) in [5.74, 6) is -0.750. The highest BCUT2D eigenvalue weighted by molar-refractivity contribution is 5.79. The number of hydrogen-bond acceptors (Lipinski definition) is 2. The lowest BCUT2D eigenvalue weighted by atomic mass is 9.80. The van der Waals surface area contributed by atoms with Crippen molar-refractivity contribution in [2.75, 3.05) is 0 Å². The number of hydrogen-bond donors (Lipinski definition) is 0. The summed E-state index contributed by atoms with van der Waals surface area (Å²) in [5, 5.41) is 0. The lowest BCUT2D eigenvalue weighted by Gasteiger charge is -2.26. The SMILES string of the molecule is CCC1(C)CC(C)(C(F)(F)F)OC1=O. The summed E-state index contributed by atoms with van der Waals surface area (Å²) in [6.07, 6.45) is -4.42. The van der Waals surface area contributed by atoms with Crippen molar-refractivity contribution in [1.29, 1.82) is 0 Å². The fourth-order valence-corrected chi connectivity index (χ4v) is 1.61. The number of halogens is 3. The minimum Gasteiger partial charge on any atom is -0.449 e. The van der Waals surface area contributed by atoms with E-state index in [1.54, 1.807) is 6.92 Å². The van der Waals surface area contributed by atoms with E-state index in [0.29, 0.717) is 6.42 Å². The Labute approximate surface area is 80.4 Å². The summed E-state index contributed by atoms with van der Waals surface area (Å²) >= 11 is 0. The molecule has 1 saturated heterocycles. The maximum absolute atomic E-state index is 12.5. The molecule has 0 spiro atoms. The summed E-state index contributed by atoms with van der Waals surface area (Å²) < 4.78 is 42.0. The van der Waals surface area contributed by atoms with Crippen LogP contribution in [0.25, 0.3) is 0 Å². The van der Waals surface area contributed by atoms with Gasteiger partial charge in [-0.2, -0.15) is 13.2 Å². The predicted octanol–water partition coefficient (Wildman–Crippen LogP) is 2.67. The minimum atomic E-state index is -4.49. The van der Waals surface area contributed by atoms with E-state index in [-0.39, 0.29) is 6.42 Å². The van der Waals surface area contributed by atoms with Gasteiger partial charge in [-0.25, -0.2) is 0 Å². The van der Waals surface area contributed by atoms with E-state index in [1.165, 1.54) is 6.92 Å². The van der Waals surface area contributed by atoms with Crippen molar-refractivity contribution in [2.45, 2.75) is 45.4 Å². The zero-order valence-corrected chi connectivity index (χ0v) is 8.36. The second-order valence-corrected chi connectivity index (χ2v) is 4.21. The third-order valence-electron chi connectivity index (χ3n) is 2.92.